The van der Waals surface area contributed by atoms with Gasteiger partial charge in [-0.05, 0) is 54.4 Å². The van der Waals surface area contributed by atoms with Crippen LogP contribution in [0, 0.1) is 6.92 Å². The number of ether oxygens (including phenoxy) is 1. The van der Waals surface area contributed by atoms with Crippen LogP contribution in [0.3, 0.4) is 0 Å². The minimum Gasteiger partial charge on any atom is -0.497 e. The van der Waals surface area contributed by atoms with Crippen molar-refractivity contribution in [3.8, 4) is 17.1 Å². The summed E-state index contributed by atoms with van der Waals surface area (Å²) in [6.07, 6.45) is 0. The van der Waals surface area contributed by atoms with Crippen molar-refractivity contribution in [1.82, 2.24) is 14.8 Å². The molecule has 0 aliphatic carbocycles. The van der Waals surface area contributed by atoms with Gasteiger partial charge in [0.25, 0.3) is 0 Å². The number of hydrogen-bond acceptors (Lipinski definition) is 5. The van der Waals surface area contributed by atoms with E-state index in [1.54, 1.807) is 7.11 Å². The lowest BCUT2D eigenvalue weighted by Crippen LogP contribution is -2.32. The van der Waals surface area contributed by atoms with E-state index in [4.69, 9.17) is 4.74 Å². The number of hydrogen-bond donors (Lipinski definition) is 0. The van der Waals surface area contributed by atoms with E-state index in [1.807, 2.05) is 102 Å². The first-order chi connectivity index (χ1) is 16.0. The number of nitrogens with zero attached hydrogens (tertiary/aromatic N) is 4. The van der Waals surface area contributed by atoms with E-state index in [9.17, 15) is 4.79 Å². The van der Waals surface area contributed by atoms with Crippen LogP contribution in [0.5, 0.6) is 5.75 Å². The summed E-state index contributed by atoms with van der Waals surface area (Å²) in [6, 6.07) is 25.7. The maximum atomic E-state index is 13.3. The van der Waals surface area contributed by atoms with E-state index in [0.717, 1.165) is 34.0 Å². The van der Waals surface area contributed by atoms with Gasteiger partial charge in [0.1, 0.15) is 5.75 Å². The Kier molecular flexibility index (Phi) is 7.10. The molecule has 0 aliphatic heterocycles. The van der Waals surface area contributed by atoms with Gasteiger partial charge in [0.2, 0.25) is 5.91 Å². The summed E-state index contributed by atoms with van der Waals surface area (Å²) in [4.78, 5) is 15.2. The average Bonchev–Trinajstić information content (AvgIpc) is 3.21. The second-order valence-electron chi connectivity index (χ2n) is 7.69. The van der Waals surface area contributed by atoms with Gasteiger partial charge in [-0.15, -0.1) is 10.2 Å². The van der Waals surface area contributed by atoms with Crippen molar-refractivity contribution in [2.75, 3.05) is 17.8 Å². The molecule has 4 aromatic rings. The molecule has 0 atom stereocenters. The second kappa shape index (κ2) is 10.4. The average molecular weight is 459 g/mol. The van der Waals surface area contributed by atoms with E-state index in [0.29, 0.717) is 11.7 Å². The van der Waals surface area contributed by atoms with Crippen molar-refractivity contribution in [1.29, 1.82) is 0 Å². The van der Waals surface area contributed by atoms with E-state index in [-0.39, 0.29) is 11.7 Å². The standard InChI is InChI=1S/C26H26N4O2S/c1-19-8-7-11-22(16-19)30(17-20-9-5-4-6-10-20)24(31)18-33-26-28-27-25(29(26)2)21-12-14-23(32-3)15-13-21/h4-16H,17-18H2,1-3H3. The normalized spacial score (nSPS) is 10.8. The van der Waals surface area contributed by atoms with Crippen LogP contribution in [-0.4, -0.2) is 33.5 Å². The van der Waals surface area contributed by atoms with Crippen LogP contribution in [0.1, 0.15) is 11.1 Å². The Morgan fingerprint density at radius 3 is 2.45 bits per heavy atom. The molecule has 0 bridgehead atoms. The van der Waals surface area contributed by atoms with Gasteiger partial charge in [-0.25, -0.2) is 0 Å². The number of rotatable bonds is 8. The molecule has 0 radical (unpaired) electrons. The highest BCUT2D eigenvalue weighted by Gasteiger charge is 2.19. The van der Waals surface area contributed by atoms with Crippen molar-refractivity contribution >= 4 is 23.4 Å². The third-order valence-corrected chi connectivity index (χ3v) is 6.31. The summed E-state index contributed by atoms with van der Waals surface area (Å²) < 4.78 is 7.14. The number of carbonyl (C=O) groups is 1. The van der Waals surface area contributed by atoms with Gasteiger partial charge in [-0.3, -0.25) is 4.79 Å². The molecule has 168 valence electrons. The van der Waals surface area contributed by atoms with Crippen LogP contribution in [0.4, 0.5) is 5.69 Å². The summed E-state index contributed by atoms with van der Waals surface area (Å²) in [6.45, 7) is 2.54. The predicted octanol–water partition coefficient (Wildman–Crippen LogP) is 5.12. The third-order valence-electron chi connectivity index (χ3n) is 5.31. The van der Waals surface area contributed by atoms with Crippen LogP contribution in [0.15, 0.2) is 84.0 Å². The molecule has 7 heteroatoms. The summed E-state index contributed by atoms with van der Waals surface area (Å²) >= 11 is 1.39. The fraction of sp³-hybridized carbons (Fsp3) is 0.192. The molecule has 0 saturated heterocycles. The maximum Gasteiger partial charge on any atom is 0.237 e. The molecular formula is C26H26N4O2S. The quantitative estimate of drug-likeness (QED) is 0.343. The molecule has 1 amide bonds. The Morgan fingerprint density at radius 1 is 1.00 bits per heavy atom. The van der Waals surface area contributed by atoms with Gasteiger partial charge < -0.3 is 14.2 Å². The Bertz CT molecular complexity index is 1220. The Hall–Kier alpha value is -3.58. The summed E-state index contributed by atoms with van der Waals surface area (Å²) in [5, 5.41) is 9.33. The first kappa shape index (κ1) is 22.6. The summed E-state index contributed by atoms with van der Waals surface area (Å²) in [5.74, 6) is 1.81. The Labute approximate surface area is 198 Å². The molecule has 0 N–H and O–H groups in total. The van der Waals surface area contributed by atoms with Crippen LogP contribution < -0.4 is 9.64 Å². The lowest BCUT2D eigenvalue weighted by molar-refractivity contribution is -0.116. The fourth-order valence-corrected chi connectivity index (χ4v) is 4.31. The van der Waals surface area contributed by atoms with Crippen molar-refractivity contribution in [2.45, 2.75) is 18.6 Å². The largest absolute Gasteiger partial charge is 0.497 e. The monoisotopic (exact) mass is 458 g/mol. The number of benzene rings is 3. The molecular weight excluding hydrogens is 432 g/mol. The molecule has 0 unspecified atom stereocenters. The number of methoxy groups -OCH3 is 1. The van der Waals surface area contributed by atoms with Gasteiger partial charge in [-0.1, -0.05) is 54.2 Å². The lowest BCUT2D eigenvalue weighted by Gasteiger charge is -2.23. The topological polar surface area (TPSA) is 60.3 Å². The molecule has 4 rings (SSSR count). The van der Waals surface area contributed by atoms with Gasteiger partial charge in [0.05, 0.1) is 19.4 Å². The zero-order valence-corrected chi connectivity index (χ0v) is 19.7. The first-order valence-electron chi connectivity index (χ1n) is 10.6. The van der Waals surface area contributed by atoms with Crippen molar-refractivity contribution < 1.29 is 9.53 Å². The molecule has 0 spiro atoms. The first-order valence-corrected chi connectivity index (χ1v) is 11.6. The number of carbonyl (C=O) groups excluding carboxylic acids is 1. The molecule has 6 nitrogen and oxygen atoms in total. The molecule has 33 heavy (non-hydrogen) atoms. The van der Waals surface area contributed by atoms with Crippen molar-refractivity contribution in [3.63, 3.8) is 0 Å². The molecule has 0 fully saturated rings. The van der Waals surface area contributed by atoms with E-state index in [1.165, 1.54) is 11.8 Å². The van der Waals surface area contributed by atoms with Crippen molar-refractivity contribution in [2.24, 2.45) is 7.05 Å². The lowest BCUT2D eigenvalue weighted by atomic mass is 10.1. The van der Waals surface area contributed by atoms with E-state index < -0.39 is 0 Å². The molecule has 1 aromatic heterocycles. The minimum atomic E-state index is 0.0171. The zero-order valence-electron chi connectivity index (χ0n) is 18.9. The second-order valence-corrected chi connectivity index (χ2v) is 8.63. The summed E-state index contributed by atoms with van der Waals surface area (Å²) in [7, 11) is 3.55. The number of amides is 1. The number of aryl methyl sites for hydroxylation is 1. The third kappa shape index (κ3) is 5.43. The molecule has 0 saturated carbocycles. The Morgan fingerprint density at radius 2 is 1.76 bits per heavy atom. The number of anilines is 1. The zero-order chi connectivity index (χ0) is 23.2. The highest BCUT2D eigenvalue weighted by Crippen LogP contribution is 2.26. The predicted molar refractivity (Wildman–Crippen MR) is 133 cm³/mol. The van der Waals surface area contributed by atoms with Crippen LogP contribution in [0.25, 0.3) is 11.4 Å². The molecule has 0 aliphatic rings. The smallest absolute Gasteiger partial charge is 0.237 e. The fourth-order valence-electron chi connectivity index (χ4n) is 3.52. The van der Waals surface area contributed by atoms with Crippen LogP contribution in [0.2, 0.25) is 0 Å². The van der Waals surface area contributed by atoms with Gasteiger partial charge >= 0.3 is 0 Å². The van der Waals surface area contributed by atoms with Crippen LogP contribution >= 0.6 is 11.8 Å². The van der Waals surface area contributed by atoms with E-state index in [2.05, 4.69) is 10.2 Å². The maximum absolute atomic E-state index is 13.3. The van der Waals surface area contributed by atoms with Gasteiger partial charge in [-0.2, -0.15) is 0 Å². The minimum absolute atomic E-state index is 0.0171. The molecule has 3 aromatic carbocycles. The van der Waals surface area contributed by atoms with Crippen LogP contribution in [-0.2, 0) is 18.4 Å². The highest BCUT2D eigenvalue weighted by molar-refractivity contribution is 7.99. The van der Waals surface area contributed by atoms with Gasteiger partial charge in [0, 0.05) is 18.3 Å². The van der Waals surface area contributed by atoms with E-state index >= 15 is 0 Å². The summed E-state index contributed by atoms with van der Waals surface area (Å²) in [5.41, 5.74) is 4.03. The SMILES string of the molecule is COc1ccc(-c2nnc(SCC(=O)N(Cc3ccccc3)c3cccc(C)c3)n2C)cc1. The Balaban J connectivity index is 1.51. The molecule has 1 heterocycles. The van der Waals surface area contributed by atoms with Crippen molar-refractivity contribution in [3.05, 3.63) is 90.0 Å². The highest BCUT2D eigenvalue weighted by atomic mass is 32.2. The number of thioether (sulfide) groups is 1. The number of aromatic nitrogens is 3. The van der Waals surface area contributed by atoms with Gasteiger partial charge in [0.15, 0.2) is 11.0 Å².